The fourth-order valence-corrected chi connectivity index (χ4v) is 2.55. The first-order chi connectivity index (χ1) is 8.09. The molecular weight excluding hydrogens is 245 g/mol. The van der Waals surface area contributed by atoms with Gasteiger partial charge in [-0.2, -0.15) is 4.99 Å². The van der Waals surface area contributed by atoms with E-state index in [2.05, 4.69) is 4.99 Å². The molecule has 5 heteroatoms. The van der Waals surface area contributed by atoms with Gasteiger partial charge in [0.25, 0.3) is 0 Å². The number of isocyanates is 1. The molecule has 1 fully saturated rings. The van der Waals surface area contributed by atoms with Crippen LogP contribution in [-0.2, 0) is 10.3 Å². The number of benzene rings is 1. The largest absolute Gasteiger partial charge is 0.504 e. The smallest absolute Gasteiger partial charge is 0.235 e. The number of rotatable bonds is 2. The molecule has 0 atom stereocenters. The number of halogens is 2. The van der Waals surface area contributed by atoms with Gasteiger partial charge in [-0.05, 0) is 30.5 Å². The van der Waals surface area contributed by atoms with Gasteiger partial charge in [0.05, 0.1) is 10.6 Å². The molecule has 0 amide bonds. The first-order valence-corrected chi connectivity index (χ1v) is 5.74. The molecule has 0 bridgehead atoms. The van der Waals surface area contributed by atoms with Crippen LogP contribution in [0.25, 0.3) is 0 Å². The van der Waals surface area contributed by atoms with Crippen molar-refractivity contribution in [3.05, 3.63) is 28.5 Å². The zero-order valence-electron chi connectivity index (χ0n) is 9.04. The first kappa shape index (κ1) is 12.1. The van der Waals surface area contributed by atoms with Gasteiger partial charge in [-0.1, -0.05) is 24.4 Å². The third-order valence-electron chi connectivity index (χ3n) is 3.24. The van der Waals surface area contributed by atoms with E-state index < -0.39 is 17.1 Å². The maximum Gasteiger partial charge on any atom is 0.235 e. The third-order valence-corrected chi connectivity index (χ3v) is 3.53. The molecule has 0 unspecified atom stereocenters. The molecule has 90 valence electrons. The zero-order chi connectivity index (χ0) is 12.5. The molecule has 0 spiro atoms. The zero-order valence-corrected chi connectivity index (χ0v) is 9.80. The topological polar surface area (TPSA) is 49.7 Å². The molecule has 1 aromatic rings. The van der Waals surface area contributed by atoms with Gasteiger partial charge in [0, 0.05) is 0 Å². The minimum Gasteiger partial charge on any atom is -0.504 e. The number of phenols is 1. The lowest BCUT2D eigenvalue weighted by Gasteiger charge is -2.23. The maximum absolute atomic E-state index is 13.4. The molecular formula is C12H11ClFNO2. The summed E-state index contributed by atoms with van der Waals surface area (Å²) in [6.45, 7) is 0. The maximum atomic E-state index is 13.4. The number of hydrogen-bond acceptors (Lipinski definition) is 3. The predicted octanol–water partition coefficient (Wildman–Crippen LogP) is 3.29. The monoisotopic (exact) mass is 255 g/mol. The van der Waals surface area contributed by atoms with E-state index in [1.165, 1.54) is 12.1 Å². The molecule has 2 rings (SSSR count). The van der Waals surface area contributed by atoms with Crippen molar-refractivity contribution >= 4 is 17.7 Å². The highest BCUT2D eigenvalue weighted by molar-refractivity contribution is 6.32. The van der Waals surface area contributed by atoms with Crippen LogP contribution in [0.1, 0.15) is 31.2 Å². The van der Waals surface area contributed by atoms with Crippen molar-refractivity contribution in [1.82, 2.24) is 0 Å². The van der Waals surface area contributed by atoms with Gasteiger partial charge in [0.1, 0.15) is 0 Å². The molecule has 0 radical (unpaired) electrons. The average molecular weight is 256 g/mol. The van der Waals surface area contributed by atoms with Crippen LogP contribution in [0.5, 0.6) is 5.75 Å². The van der Waals surface area contributed by atoms with Crippen molar-refractivity contribution in [3.8, 4) is 5.75 Å². The average Bonchev–Trinajstić information content (AvgIpc) is 2.75. The van der Waals surface area contributed by atoms with Gasteiger partial charge in [-0.25, -0.2) is 9.18 Å². The third kappa shape index (κ3) is 2.06. The quantitative estimate of drug-likeness (QED) is 0.651. The van der Waals surface area contributed by atoms with E-state index in [0.29, 0.717) is 18.4 Å². The lowest BCUT2D eigenvalue weighted by atomic mass is 9.89. The van der Waals surface area contributed by atoms with E-state index in [4.69, 9.17) is 11.6 Å². The minimum atomic E-state index is -0.792. The Bertz CT molecular complexity index is 468. The van der Waals surface area contributed by atoms with Crippen LogP contribution in [-0.4, -0.2) is 11.2 Å². The number of aromatic hydroxyl groups is 1. The summed E-state index contributed by atoms with van der Waals surface area (Å²) in [5.74, 6) is -1.36. The van der Waals surface area contributed by atoms with E-state index in [0.717, 1.165) is 12.8 Å². The summed E-state index contributed by atoms with van der Waals surface area (Å²) in [5, 5.41) is 9.21. The fourth-order valence-electron chi connectivity index (χ4n) is 2.35. The summed E-state index contributed by atoms with van der Waals surface area (Å²) in [7, 11) is 0. The fraction of sp³-hybridized carbons (Fsp3) is 0.417. The lowest BCUT2D eigenvalue weighted by Crippen LogP contribution is -2.19. The Morgan fingerprint density at radius 1 is 1.41 bits per heavy atom. The van der Waals surface area contributed by atoms with Crippen LogP contribution < -0.4 is 0 Å². The predicted molar refractivity (Wildman–Crippen MR) is 61.3 cm³/mol. The van der Waals surface area contributed by atoms with Gasteiger partial charge >= 0.3 is 0 Å². The Morgan fingerprint density at radius 2 is 2.06 bits per heavy atom. The van der Waals surface area contributed by atoms with Crippen molar-refractivity contribution < 1.29 is 14.3 Å². The Morgan fingerprint density at radius 3 is 2.59 bits per heavy atom. The van der Waals surface area contributed by atoms with Crippen molar-refractivity contribution in [1.29, 1.82) is 0 Å². The standard InChI is InChI=1S/C12H11ClFNO2/c13-9-5-8(6-10(14)11(9)17)12(15-7-16)3-1-2-4-12/h5-6,17H,1-4H2. The Labute approximate surface area is 103 Å². The Kier molecular flexibility index (Phi) is 3.18. The van der Waals surface area contributed by atoms with Crippen LogP contribution in [0.4, 0.5) is 4.39 Å². The summed E-state index contributed by atoms with van der Waals surface area (Å²) >= 11 is 5.73. The van der Waals surface area contributed by atoms with E-state index in [-0.39, 0.29) is 5.02 Å². The van der Waals surface area contributed by atoms with Gasteiger partial charge in [-0.15, -0.1) is 0 Å². The van der Waals surface area contributed by atoms with Gasteiger partial charge in [0.2, 0.25) is 6.08 Å². The summed E-state index contributed by atoms with van der Waals surface area (Å²) in [6.07, 6.45) is 4.73. The number of carbonyl (C=O) groups excluding carboxylic acids is 1. The van der Waals surface area contributed by atoms with Crippen molar-refractivity contribution in [2.24, 2.45) is 4.99 Å². The molecule has 1 saturated carbocycles. The Hall–Kier alpha value is -1.38. The summed E-state index contributed by atoms with van der Waals surface area (Å²) in [4.78, 5) is 14.3. The summed E-state index contributed by atoms with van der Waals surface area (Å²) in [6, 6.07) is 2.65. The highest BCUT2D eigenvalue weighted by Crippen LogP contribution is 2.44. The van der Waals surface area contributed by atoms with E-state index in [9.17, 15) is 14.3 Å². The first-order valence-electron chi connectivity index (χ1n) is 5.36. The van der Waals surface area contributed by atoms with Crippen LogP contribution in [0.15, 0.2) is 17.1 Å². The Balaban J connectivity index is 2.54. The molecule has 1 aliphatic carbocycles. The van der Waals surface area contributed by atoms with Gasteiger partial charge in [0.15, 0.2) is 11.6 Å². The molecule has 17 heavy (non-hydrogen) atoms. The SMILES string of the molecule is O=C=NC1(c2cc(F)c(O)c(Cl)c2)CCCC1. The van der Waals surface area contributed by atoms with Gasteiger partial charge in [-0.3, -0.25) is 0 Å². The molecule has 3 nitrogen and oxygen atoms in total. The summed E-state index contributed by atoms with van der Waals surface area (Å²) in [5.41, 5.74) is -0.196. The molecule has 0 aromatic heterocycles. The highest BCUT2D eigenvalue weighted by atomic mass is 35.5. The van der Waals surface area contributed by atoms with Crippen LogP contribution in [0.3, 0.4) is 0 Å². The van der Waals surface area contributed by atoms with Crippen molar-refractivity contribution in [2.75, 3.05) is 0 Å². The highest BCUT2D eigenvalue weighted by Gasteiger charge is 2.36. The van der Waals surface area contributed by atoms with Crippen LogP contribution in [0.2, 0.25) is 5.02 Å². The van der Waals surface area contributed by atoms with E-state index in [1.807, 2.05) is 0 Å². The second-order valence-electron chi connectivity index (χ2n) is 4.23. The van der Waals surface area contributed by atoms with Crippen molar-refractivity contribution in [2.45, 2.75) is 31.2 Å². The van der Waals surface area contributed by atoms with Gasteiger partial charge < -0.3 is 5.11 Å². The molecule has 0 aliphatic heterocycles. The van der Waals surface area contributed by atoms with Crippen LogP contribution >= 0.6 is 11.6 Å². The lowest BCUT2D eigenvalue weighted by molar-refractivity contribution is 0.422. The minimum absolute atomic E-state index is 0.0626. The van der Waals surface area contributed by atoms with Crippen LogP contribution in [0, 0.1) is 5.82 Å². The number of aliphatic imine (C=N–C) groups is 1. The normalized spacial score (nSPS) is 17.8. The van der Waals surface area contributed by atoms with E-state index >= 15 is 0 Å². The second kappa shape index (κ2) is 4.47. The van der Waals surface area contributed by atoms with Crippen molar-refractivity contribution in [3.63, 3.8) is 0 Å². The molecule has 1 N–H and O–H groups in total. The van der Waals surface area contributed by atoms with E-state index in [1.54, 1.807) is 6.08 Å². The number of hydrogen-bond donors (Lipinski definition) is 1. The molecule has 1 aromatic carbocycles. The number of phenolic OH excluding ortho intramolecular Hbond substituents is 1. The molecule has 1 aliphatic rings. The second-order valence-corrected chi connectivity index (χ2v) is 4.64. The molecule has 0 heterocycles. The summed E-state index contributed by atoms with van der Waals surface area (Å²) < 4.78 is 13.4. The number of nitrogens with zero attached hydrogens (tertiary/aromatic N) is 1. The molecule has 0 saturated heterocycles.